The van der Waals surface area contributed by atoms with Crippen LogP contribution in [0, 0.1) is 0 Å². The molecule has 0 saturated heterocycles. The van der Waals surface area contributed by atoms with E-state index >= 15 is 0 Å². The third-order valence-electron chi connectivity index (χ3n) is 2.39. The maximum Gasteiger partial charge on any atom is 0.328 e. The predicted octanol–water partition coefficient (Wildman–Crippen LogP) is 1.90. The highest BCUT2D eigenvalue weighted by Crippen LogP contribution is 2.36. The van der Waals surface area contributed by atoms with Crippen LogP contribution < -0.4 is 9.47 Å². The van der Waals surface area contributed by atoms with E-state index in [9.17, 15) is 9.59 Å². The highest BCUT2D eigenvalue weighted by Gasteiger charge is 2.12. The van der Waals surface area contributed by atoms with E-state index in [0.29, 0.717) is 22.6 Å². The summed E-state index contributed by atoms with van der Waals surface area (Å²) in [6, 6.07) is 3.23. The first-order chi connectivity index (χ1) is 9.49. The van der Waals surface area contributed by atoms with Crippen molar-refractivity contribution in [3.8, 4) is 11.5 Å². The second-order valence-electron chi connectivity index (χ2n) is 3.65. The molecule has 0 spiro atoms. The molecule has 0 atom stereocenters. The summed E-state index contributed by atoms with van der Waals surface area (Å²) in [5.41, 5.74) is 1.03. The third-order valence-corrected chi connectivity index (χ3v) is 2.39. The SMILES string of the molecule is COc1c(/C=C/C(=O)O)ccc(/C=C/C(=O)O)c1OC. The monoisotopic (exact) mass is 278 g/mol. The van der Waals surface area contributed by atoms with Crippen LogP contribution >= 0.6 is 0 Å². The van der Waals surface area contributed by atoms with Crippen LogP contribution in [-0.2, 0) is 9.59 Å². The zero-order chi connectivity index (χ0) is 15.1. The second-order valence-corrected chi connectivity index (χ2v) is 3.65. The molecule has 1 rings (SSSR count). The van der Waals surface area contributed by atoms with Crippen molar-refractivity contribution in [1.82, 2.24) is 0 Å². The van der Waals surface area contributed by atoms with Crippen LogP contribution in [0.1, 0.15) is 11.1 Å². The first-order valence-electron chi connectivity index (χ1n) is 5.56. The number of carboxylic acids is 2. The molecule has 1 aromatic carbocycles. The van der Waals surface area contributed by atoms with Gasteiger partial charge >= 0.3 is 11.9 Å². The summed E-state index contributed by atoms with van der Waals surface area (Å²) in [5.74, 6) is -1.50. The Morgan fingerprint density at radius 1 is 0.900 bits per heavy atom. The first kappa shape index (κ1) is 15.3. The highest BCUT2D eigenvalue weighted by molar-refractivity contribution is 5.88. The molecule has 0 saturated carbocycles. The van der Waals surface area contributed by atoms with Gasteiger partial charge in [0.05, 0.1) is 14.2 Å². The second kappa shape index (κ2) is 6.98. The maximum absolute atomic E-state index is 10.5. The summed E-state index contributed by atoms with van der Waals surface area (Å²) in [6.07, 6.45) is 4.69. The lowest BCUT2D eigenvalue weighted by molar-refractivity contribution is -0.132. The standard InChI is InChI=1S/C14H14O6/c1-19-13-9(5-7-11(15)16)3-4-10(14(13)20-2)6-8-12(17)18/h3-8H,1-2H3,(H,15,16)(H,17,18)/b7-5+,8-6+. The summed E-state index contributed by atoms with van der Waals surface area (Å²) in [7, 11) is 2.83. The minimum atomic E-state index is -1.08. The topological polar surface area (TPSA) is 93.1 Å². The number of hydrogen-bond donors (Lipinski definition) is 2. The predicted molar refractivity (Wildman–Crippen MR) is 72.9 cm³/mol. The summed E-state index contributed by atoms with van der Waals surface area (Å²) >= 11 is 0. The number of carbonyl (C=O) groups is 2. The van der Waals surface area contributed by atoms with E-state index in [4.69, 9.17) is 19.7 Å². The zero-order valence-corrected chi connectivity index (χ0v) is 11.0. The molecule has 20 heavy (non-hydrogen) atoms. The van der Waals surface area contributed by atoms with Gasteiger partial charge in [0.15, 0.2) is 11.5 Å². The lowest BCUT2D eigenvalue weighted by atomic mass is 10.1. The van der Waals surface area contributed by atoms with Gasteiger partial charge < -0.3 is 19.7 Å². The molecule has 1 aromatic rings. The van der Waals surface area contributed by atoms with Crippen molar-refractivity contribution in [3.63, 3.8) is 0 Å². The zero-order valence-electron chi connectivity index (χ0n) is 11.0. The normalized spacial score (nSPS) is 10.9. The lowest BCUT2D eigenvalue weighted by Gasteiger charge is -2.13. The largest absolute Gasteiger partial charge is 0.492 e. The maximum atomic E-state index is 10.5. The Kier molecular flexibility index (Phi) is 5.34. The number of benzene rings is 1. The third kappa shape index (κ3) is 3.88. The Bertz CT molecular complexity index is 520. The number of hydrogen-bond acceptors (Lipinski definition) is 4. The van der Waals surface area contributed by atoms with E-state index in [1.54, 1.807) is 12.1 Å². The average Bonchev–Trinajstić information content (AvgIpc) is 2.41. The Morgan fingerprint density at radius 2 is 1.25 bits per heavy atom. The Balaban J connectivity index is 3.32. The summed E-state index contributed by atoms with van der Waals surface area (Å²) in [4.78, 5) is 21.1. The number of carboxylic acid groups (broad SMARTS) is 2. The molecule has 0 radical (unpaired) electrons. The van der Waals surface area contributed by atoms with Gasteiger partial charge in [0.2, 0.25) is 0 Å². The van der Waals surface area contributed by atoms with E-state index in [-0.39, 0.29) is 0 Å². The van der Waals surface area contributed by atoms with Gasteiger partial charge in [0, 0.05) is 23.3 Å². The quantitative estimate of drug-likeness (QED) is 0.772. The molecule has 0 amide bonds. The van der Waals surface area contributed by atoms with Crippen LogP contribution in [0.4, 0.5) is 0 Å². The molecule has 0 heterocycles. The molecule has 2 N–H and O–H groups in total. The van der Waals surface area contributed by atoms with Gasteiger partial charge in [-0.2, -0.15) is 0 Å². The van der Waals surface area contributed by atoms with Crippen molar-refractivity contribution in [2.75, 3.05) is 14.2 Å². The number of ether oxygens (including phenoxy) is 2. The van der Waals surface area contributed by atoms with E-state index in [0.717, 1.165) is 12.2 Å². The van der Waals surface area contributed by atoms with Crippen molar-refractivity contribution >= 4 is 24.1 Å². The van der Waals surface area contributed by atoms with E-state index < -0.39 is 11.9 Å². The van der Waals surface area contributed by atoms with Gasteiger partial charge in [-0.15, -0.1) is 0 Å². The van der Waals surface area contributed by atoms with Crippen molar-refractivity contribution in [1.29, 1.82) is 0 Å². The van der Waals surface area contributed by atoms with Crippen molar-refractivity contribution < 1.29 is 29.3 Å². The lowest BCUT2D eigenvalue weighted by Crippen LogP contribution is -1.96. The summed E-state index contributed by atoms with van der Waals surface area (Å²) in [6.45, 7) is 0. The Labute approximate surface area is 115 Å². The van der Waals surface area contributed by atoms with Gasteiger partial charge in [-0.25, -0.2) is 9.59 Å². The fourth-order valence-corrected chi connectivity index (χ4v) is 1.60. The number of aliphatic carboxylic acids is 2. The van der Waals surface area contributed by atoms with Gasteiger partial charge in [-0.05, 0) is 12.2 Å². The number of methoxy groups -OCH3 is 2. The van der Waals surface area contributed by atoms with Crippen LogP contribution in [0.5, 0.6) is 11.5 Å². The van der Waals surface area contributed by atoms with Crippen LogP contribution in [0.15, 0.2) is 24.3 Å². The molecule has 0 unspecified atom stereocenters. The molecular formula is C14H14O6. The minimum Gasteiger partial charge on any atom is -0.492 e. The molecule has 0 aliphatic rings. The van der Waals surface area contributed by atoms with Crippen LogP contribution in [0.2, 0.25) is 0 Å². The first-order valence-corrected chi connectivity index (χ1v) is 5.56. The van der Waals surface area contributed by atoms with E-state index in [2.05, 4.69) is 0 Å². The molecule has 0 aliphatic heterocycles. The van der Waals surface area contributed by atoms with Crippen molar-refractivity contribution in [3.05, 3.63) is 35.4 Å². The fourth-order valence-electron chi connectivity index (χ4n) is 1.60. The molecular weight excluding hydrogens is 264 g/mol. The van der Waals surface area contributed by atoms with E-state index in [1.165, 1.54) is 26.4 Å². The van der Waals surface area contributed by atoms with Crippen LogP contribution in [0.25, 0.3) is 12.2 Å². The van der Waals surface area contributed by atoms with Gasteiger partial charge in [0.25, 0.3) is 0 Å². The molecule has 0 bridgehead atoms. The van der Waals surface area contributed by atoms with Crippen LogP contribution in [-0.4, -0.2) is 36.4 Å². The van der Waals surface area contributed by atoms with Gasteiger partial charge in [-0.1, -0.05) is 12.1 Å². The smallest absolute Gasteiger partial charge is 0.328 e. The van der Waals surface area contributed by atoms with E-state index in [1.807, 2.05) is 0 Å². The Hall–Kier alpha value is -2.76. The fraction of sp³-hybridized carbons (Fsp3) is 0.143. The molecule has 106 valence electrons. The minimum absolute atomic E-state index is 0.331. The molecule has 6 heteroatoms. The summed E-state index contributed by atoms with van der Waals surface area (Å²) in [5, 5.41) is 17.3. The number of rotatable bonds is 6. The highest BCUT2D eigenvalue weighted by atomic mass is 16.5. The Morgan fingerprint density at radius 3 is 1.50 bits per heavy atom. The van der Waals surface area contributed by atoms with Gasteiger partial charge in [0.1, 0.15) is 0 Å². The van der Waals surface area contributed by atoms with Crippen LogP contribution in [0.3, 0.4) is 0 Å². The molecule has 0 fully saturated rings. The van der Waals surface area contributed by atoms with Crippen molar-refractivity contribution in [2.45, 2.75) is 0 Å². The molecule has 0 aliphatic carbocycles. The molecule has 0 aromatic heterocycles. The van der Waals surface area contributed by atoms with Crippen molar-refractivity contribution in [2.24, 2.45) is 0 Å². The van der Waals surface area contributed by atoms with Gasteiger partial charge in [-0.3, -0.25) is 0 Å². The average molecular weight is 278 g/mol. The molecule has 6 nitrogen and oxygen atoms in total. The summed E-state index contributed by atoms with van der Waals surface area (Å²) < 4.78 is 10.4.